The van der Waals surface area contributed by atoms with Crippen molar-refractivity contribution in [2.45, 2.75) is 13.0 Å². The quantitative estimate of drug-likeness (QED) is 0.682. The number of amides is 1. The summed E-state index contributed by atoms with van der Waals surface area (Å²) in [6.07, 6.45) is -0.238. The number of methoxy groups -OCH3 is 1. The molecule has 28 heavy (non-hydrogen) atoms. The molecule has 0 radical (unpaired) electrons. The van der Waals surface area contributed by atoms with Crippen molar-refractivity contribution >= 4 is 11.9 Å². The first-order chi connectivity index (χ1) is 13.6. The third kappa shape index (κ3) is 4.73. The van der Waals surface area contributed by atoms with Crippen LogP contribution in [0, 0.1) is 0 Å². The molecular weight excluding hydrogens is 362 g/mol. The number of para-hydroxylation sites is 2. The maximum Gasteiger partial charge on any atom is 0.337 e. The Morgan fingerprint density at radius 3 is 2.50 bits per heavy atom. The summed E-state index contributed by atoms with van der Waals surface area (Å²) < 4.78 is 21.8. The fourth-order valence-electron chi connectivity index (χ4n) is 2.85. The van der Waals surface area contributed by atoms with E-state index in [2.05, 4.69) is 4.74 Å². The Bertz CT molecular complexity index is 820. The smallest absolute Gasteiger partial charge is 0.337 e. The number of carbonyl (C=O) groups excluding carboxylic acids is 2. The van der Waals surface area contributed by atoms with Crippen LogP contribution in [0.4, 0.5) is 0 Å². The van der Waals surface area contributed by atoms with Crippen LogP contribution >= 0.6 is 0 Å². The van der Waals surface area contributed by atoms with E-state index in [1.54, 1.807) is 29.2 Å². The Morgan fingerprint density at radius 2 is 1.82 bits per heavy atom. The van der Waals surface area contributed by atoms with Crippen LogP contribution < -0.4 is 14.2 Å². The number of fused-ring (bicyclic) bond motifs is 1. The predicted molar refractivity (Wildman–Crippen MR) is 102 cm³/mol. The van der Waals surface area contributed by atoms with Gasteiger partial charge >= 0.3 is 5.97 Å². The van der Waals surface area contributed by atoms with Gasteiger partial charge in [-0.15, -0.1) is 0 Å². The van der Waals surface area contributed by atoms with E-state index >= 15 is 0 Å². The van der Waals surface area contributed by atoms with Crippen molar-refractivity contribution in [2.24, 2.45) is 0 Å². The molecule has 7 nitrogen and oxygen atoms in total. The molecule has 2 aromatic carbocycles. The number of benzene rings is 2. The minimum atomic E-state index is -0.420. The van der Waals surface area contributed by atoms with Crippen molar-refractivity contribution in [2.75, 3.05) is 33.4 Å². The molecule has 1 heterocycles. The summed E-state index contributed by atoms with van der Waals surface area (Å²) in [5, 5.41) is 0. The van der Waals surface area contributed by atoms with Crippen molar-refractivity contribution in [3.8, 4) is 17.2 Å². The van der Waals surface area contributed by atoms with E-state index in [1.165, 1.54) is 7.11 Å². The number of hydrogen-bond acceptors (Lipinski definition) is 6. The summed E-state index contributed by atoms with van der Waals surface area (Å²) in [4.78, 5) is 25.6. The number of likely N-dealkylation sites (N-methyl/N-ethyl adjacent to an activating group) is 1. The lowest BCUT2D eigenvalue weighted by Crippen LogP contribution is -2.45. The molecule has 148 valence electrons. The average Bonchev–Trinajstić information content (AvgIpc) is 2.75. The zero-order valence-electron chi connectivity index (χ0n) is 15.9. The number of esters is 1. The van der Waals surface area contributed by atoms with Crippen LogP contribution in [-0.4, -0.2) is 56.3 Å². The molecule has 0 saturated heterocycles. The molecule has 0 spiro atoms. The van der Waals surface area contributed by atoms with Crippen LogP contribution in [0.25, 0.3) is 0 Å². The third-order valence-electron chi connectivity index (χ3n) is 4.36. The van der Waals surface area contributed by atoms with Crippen molar-refractivity contribution in [1.82, 2.24) is 4.90 Å². The van der Waals surface area contributed by atoms with Crippen molar-refractivity contribution in [3.63, 3.8) is 0 Å². The zero-order chi connectivity index (χ0) is 19.9. The van der Waals surface area contributed by atoms with Crippen LogP contribution in [0.5, 0.6) is 17.2 Å². The highest BCUT2D eigenvalue weighted by molar-refractivity contribution is 5.89. The second-order valence-electron chi connectivity index (χ2n) is 6.23. The standard InChI is InChI=1S/C21H23NO6/c1-3-22(12-17-13-27-18-6-4-5-7-19(18)28-17)20(23)14-26-16-10-8-15(9-11-16)21(24)25-2/h4-11,17H,3,12-14H2,1-2H3/t17-/m1/s1. The van der Waals surface area contributed by atoms with E-state index in [0.29, 0.717) is 42.5 Å². The fraction of sp³-hybridized carbons (Fsp3) is 0.333. The molecule has 3 rings (SSSR count). The number of nitrogens with zero attached hydrogens (tertiary/aromatic N) is 1. The van der Waals surface area contributed by atoms with Crippen molar-refractivity contribution in [1.29, 1.82) is 0 Å². The molecule has 2 aromatic rings. The summed E-state index contributed by atoms with van der Waals surface area (Å²) in [7, 11) is 1.32. The lowest BCUT2D eigenvalue weighted by atomic mass is 10.2. The monoisotopic (exact) mass is 385 g/mol. The van der Waals surface area contributed by atoms with Gasteiger partial charge < -0.3 is 23.8 Å². The summed E-state index contributed by atoms with van der Waals surface area (Å²) in [5.74, 6) is 1.33. The lowest BCUT2D eigenvalue weighted by Gasteiger charge is -2.30. The molecule has 0 fully saturated rings. The van der Waals surface area contributed by atoms with E-state index in [-0.39, 0.29) is 18.6 Å². The second kappa shape index (κ2) is 9.12. The Balaban J connectivity index is 1.52. The summed E-state index contributed by atoms with van der Waals surface area (Å²) >= 11 is 0. The molecule has 0 saturated carbocycles. The predicted octanol–water partition coefficient (Wildman–Crippen LogP) is 2.54. The Labute approximate surface area is 163 Å². The van der Waals surface area contributed by atoms with Gasteiger partial charge in [0.05, 0.1) is 19.2 Å². The SMILES string of the molecule is CCN(C[C@@H]1COc2ccccc2O1)C(=O)COc1ccc(C(=O)OC)cc1. The van der Waals surface area contributed by atoms with Gasteiger partial charge in [-0.25, -0.2) is 4.79 Å². The van der Waals surface area contributed by atoms with Crippen molar-refractivity contribution < 1.29 is 28.5 Å². The first kappa shape index (κ1) is 19.5. The Hall–Kier alpha value is -3.22. The van der Waals surface area contributed by atoms with Gasteiger partial charge in [-0.2, -0.15) is 0 Å². The maximum atomic E-state index is 12.5. The van der Waals surface area contributed by atoms with Crippen LogP contribution in [0.1, 0.15) is 17.3 Å². The van der Waals surface area contributed by atoms with Crippen LogP contribution in [0.15, 0.2) is 48.5 Å². The van der Waals surface area contributed by atoms with Gasteiger partial charge in [0, 0.05) is 6.54 Å². The molecule has 1 atom stereocenters. The fourth-order valence-corrected chi connectivity index (χ4v) is 2.85. The van der Waals surface area contributed by atoms with Gasteiger partial charge in [0.2, 0.25) is 0 Å². The minimum Gasteiger partial charge on any atom is -0.486 e. The van der Waals surface area contributed by atoms with Crippen LogP contribution in [0.2, 0.25) is 0 Å². The number of carbonyl (C=O) groups is 2. The number of hydrogen-bond donors (Lipinski definition) is 0. The van der Waals surface area contributed by atoms with E-state index < -0.39 is 5.97 Å². The summed E-state index contributed by atoms with van der Waals surface area (Å²) in [6, 6.07) is 13.9. The normalized spacial score (nSPS) is 14.9. The summed E-state index contributed by atoms with van der Waals surface area (Å²) in [5.41, 5.74) is 0.422. The maximum absolute atomic E-state index is 12.5. The van der Waals surface area contributed by atoms with Crippen LogP contribution in [-0.2, 0) is 9.53 Å². The largest absolute Gasteiger partial charge is 0.486 e. The van der Waals surface area contributed by atoms with Crippen LogP contribution in [0.3, 0.4) is 0 Å². The molecule has 1 aliphatic rings. The molecule has 0 bridgehead atoms. The summed E-state index contributed by atoms with van der Waals surface area (Å²) in [6.45, 7) is 3.13. The highest BCUT2D eigenvalue weighted by atomic mass is 16.6. The molecule has 0 aliphatic carbocycles. The Morgan fingerprint density at radius 1 is 1.11 bits per heavy atom. The minimum absolute atomic E-state index is 0.102. The van der Waals surface area contributed by atoms with E-state index in [0.717, 1.165) is 0 Å². The van der Waals surface area contributed by atoms with Crippen molar-refractivity contribution in [3.05, 3.63) is 54.1 Å². The molecule has 7 heteroatoms. The Kier molecular flexibility index (Phi) is 6.37. The molecular formula is C21H23NO6. The molecule has 0 N–H and O–H groups in total. The molecule has 1 aliphatic heterocycles. The second-order valence-corrected chi connectivity index (χ2v) is 6.23. The van der Waals surface area contributed by atoms with Gasteiger partial charge in [-0.1, -0.05) is 12.1 Å². The van der Waals surface area contributed by atoms with Gasteiger partial charge in [-0.3, -0.25) is 4.79 Å². The van der Waals surface area contributed by atoms with E-state index in [9.17, 15) is 9.59 Å². The third-order valence-corrected chi connectivity index (χ3v) is 4.36. The topological polar surface area (TPSA) is 74.3 Å². The lowest BCUT2D eigenvalue weighted by molar-refractivity contribution is -0.134. The van der Waals surface area contributed by atoms with Gasteiger partial charge in [0.1, 0.15) is 12.4 Å². The van der Waals surface area contributed by atoms with E-state index in [1.807, 2.05) is 31.2 Å². The van der Waals surface area contributed by atoms with Gasteiger partial charge in [0.25, 0.3) is 5.91 Å². The zero-order valence-corrected chi connectivity index (χ0v) is 15.9. The van der Waals surface area contributed by atoms with Gasteiger partial charge in [0.15, 0.2) is 24.2 Å². The highest BCUT2D eigenvalue weighted by Crippen LogP contribution is 2.31. The highest BCUT2D eigenvalue weighted by Gasteiger charge is 2.25. The number of rotatable bonds is 7. The first-order valence-corrected chi connectivity index (χ1v) is 9.08. The molecule has 0 aromatic heterocycles. The molecule has 0 unspecified atom stereocenters. The first-order valence-electron chi connectivity index (χ1n) is 9.08. The molecule has 1 amide bonds. The van der Waals surface area contributed by atoms with E-state index in [4.69, 9.17) is 14.2 Å². The average molecular weight is 385 g/mol. The number of ether oxygens (including phenoxy) is 4. The van der Waals surface area contributed by atoms with Gasteiger partial charge in [-0.05, 0) is 43.3 Å².